The van der Waals surface area contributed by atoms with Crippen LogP contribution < -0.4 is 11.1 Å². The molecule has 0 aromatic heterocycles. The lowest BCUT2D eigenvalue weighted by Gasteiger charge is -2.09. The number of anilines is 2. The molecule has 0 atom stereocenters. The number of para-hydroxylation sites is 1. The number of carbonyl (C=O) groups excluding carboxylic acids is 1. The van der Waals surface area contributed by atoms with Crippen LogP contribution in [0.1, 0.15) is 0 Å². The molecule has 1 amide bonds. The van der Waals surface area contributed by atoms with Crippen molar-refractivity contribution in [3.8, 4) is 0 Å². The van der Waals surface area contributed by atoms with Crippen molar-refractivity contribution in [2.75, 3.05) is 16.8 Å². The zero-order valence-electron chi connectivity index (χ0n) is 10.4. The Labute approximate surface area is 131 Å². The molecule has 6 heteroatoms. The molecular formula is C14H12Cl2N2OS. The van der Waals surface area contributed by atoms with E-state index >= 15 is 0 Å². The summed E-state index contributed by atoms with van der Waals surface area (Å²) in [6.07, 6.45) is 0. The third kappa shape index (κ3) is 4.07. The lowest BCUT2D eigenvalue weighted by atomic mass is 10.3. The van der Waals surface area contributed by atoms with E-state index in [9.17, 15) is 4.79 Å². The number of hydrogen-bond acceptors (Lipinski definition) is 3. The normalized spacial score (nSPS) is 10.3. The number of hydrogen-bond donors (Lipinski definition) is 2. The second-order valence-electron chi connectivity index (χ2n) is 4.01. The highest BCUT2D eigenvalue weighted by Gasteiger charge is 2.09. The number of rotatable bonds is 4. The van der Waals surface area contributed by atoms with Crippen LogP contribution in [0.15, 0.2) is 47.4 Å². The maximum atomic E-state index is 11.9. The van der Waals surface area contributed by atoms with Gasteiger partial charge in [-0.3, -0.25) is 4.79 Å². The molecule has 3 nitrogen and oxygen atoms in total. The third-order valence-corrected chi connectivity index (χ3v) is 4.08. The molecule has 20 heavy (non-hydrogen) atoms. The zero-order valence-corrected chi connectivity index (χ0v) is 12.7. The van der Waals surface area contributed by atoms with Gasteiger partial charge in [-0.05, 0) is 30.3 Å². The van der Waals surface area contributed by atoms with Crippen LogP contribution in [0.2, 0.25) is 10.0 Å². The summed E-state index contributed by atoms with van der Waals surface area (Å²) in [5.74, 6) is 0.0813. The van der Waals surface area contributed by atoms with Gasteiger partial charge in [0.05, 0.1) is 21.5 Å². The molecule has 0 unspecified atom stereocenters. The molecule has 0 bridgehead atoms. The fraction of sp³-hybridized carbons (Fsp3) is 0.0714. The Kier molecular flexibility index (Phi) is 5.17. The predicted molar refractivity (Wildman–Crippen MR) is 86.7 cm³/mol. The predicted octanol–water partition coefficient (Wildman–Crippen LogP) is 4.31. The van der Waals surface area contributed by atoms with Gasteiger partial charge in [-0.2, -0.15) is 0 Å². The topological polar surface area (TPSA) is 55.1 Å². The van der Waals surface area contributed by atoms with Crippen molar-refractivity contribution < 1.29 is 4.79 Å². The molecule has 0 saturated heterocycles. The minimum absolute atomic E-state index is 0.174. The average molecular weight is 327 g/mol. The number of nitrogen functional groups attached to an aromatic ring is 1. The molecule has 0 fully saturated rings. The standard InChI is InChI=1S/C14H12Cl2N2OS/c15-11-5-2-6-12(16)14(11)18-13(19)8-20-10-4-1-3-9(17)7-10/h1-7H,8,17H2,(H,18,19). The Bertz CT molecular complexity index is 614. The van der Waals surface area contributed by atoms with E-state index in [-0.39, 0.29) is 11.7 Å². The van der Waals surface area contributed by atoms with Crippen molar-refractivity contribution in [3.63, 3.8) is 0 Å². The number of nitrogens with two attached hydrogens (primary N) is 1. The first kappa shape index (κ1) is 15.0. The van der Waals surface area contributed by atoms with Gasteiger partial charge in [0.2, 0.25) is 5.91 Å². The van der Waals surface area contributed by atoms with Gasteiger partial charge in [-0.1, -0.05) is 35.3 Å². The summed E-state index contributed by atoms with van der Waals surface area (Å²) in [5, 5.41) is 3.54. The van der Waals surface area contributed by atoms with Crippen LogP contribution in [-0.2, 0) is 4.79 Å². The van der Waals surface area contributed by atoms with Crippen molar-refractivity contribution in [1.82, 2.24) is 0 Å². The van der Waals surface area contributed by atoms with E-state index in [1.807, 2.05) is 18.2 Å². The van der Waals surface area contributed by atoms with E-state index in [4.69, 9.17) is 28.9 Å². The van der Waals surface area contributed by atoms with E-state index in [2.05, 4.69) is 5.32 Å². The van der Waals surface area contributed by atoms with E-state index < -0.39 is 0 Å². The average Bonchev–Trinajstić information content (AvgIpc) is 2.41. The number of nitrogens with one attached hydrogen (secondary N) is 1. The van der Waals surface area contributed by atoms with Crippen molar-refractivity contribution >= 4 is 52.2 Å². The number of benzene rings is 2. The summed E-state index contributed by atoms with van der Waals surface area (Å²) in [6.45, 7) is 0. The minimum Gasteiger partial charge on any atom is -0.399 e. The summed E-state index contributed by atoms with van der Waals surface area (Å²) in [6, 6.07) is 12.4. The van der Waals surface area contributed by atoms with Crippen molar-refractivity contribution in [2.24, 2.45) is 0 Å². The molecule has 2 aromatic rings. The summed E-state index contributed by atoms with van der Waals surface area (Å²) in [5.41, 5.74) is 6.79. The molecule has 0 aliphatic carbocycles. The number of carbonyl (C=O) groups is 1. The summed E-state index contributed by atoms with van der Waals surface area (Å²) in [4.78, 5) is 12.8. The van der Waals surface area contributed by atoms with Crippen LogP contribution in [0.3, 0.4) is 0 Å². The van der Waals surface area contributed by atoms with E-state index in [0.717, 1.165) is 4.90 Å². The second kappa shape index (κ2) is 6.88. The smallest absolute Gasteiger partial charge is 0.234 e. The molecule has 0 radical (unpaired) electrons. The zero-order chi connectivity index (χ0) is 14.5. The summed E-state index contributed by atoms with van der Waals surface area (Å²) in [7, 11) is 0. The number of amides is 1. The van der Waals surface area contributed by atoms with Crippen molar-refractivity contribution in [3.05, 3.63) is 52.5 Å². The molecule has 0 spiro atoms. The Morgan fingerprint density at radius 3 is 2.45 bits per heavy atom. The Morgan fingerprint density at radius 1 is 1.15 bits per heavy atom. The summed E-state index contributed by atoms with van der Waals surface area (Å²) < 4.78 is 0. The molecule has 0 heterocycles. The van der Waals surface area contributed by atoms with Gasteiger partial charge in [0.25, 0.3) is 0 Å². The first-order chi connectivity index (χ1) is 9.56. The molecule has 2 rings (SSSR count). The maximum Gasteiger partial charge on any atom is 0.234 e. The molecule has 3 N–H and O–H groups in total. The molecule has 2 aromatic carbocycles. The SMILES string of the molecule is Nc1cccc(SCC(=O)Nc2c(Cl)cccc2Cl)c1. The molecule has 0 aliphatic rings. The van der Waals surface area contributed by atoms with E-state index in [1.165, 1.54) is 11.8 Å². The van der Waals surface area contributed by atoms with Crippen LogP contribution in [0.5, 0.6) is 0 Å². The van der Waals surface area contributed by atoms with Gasteiger partial charge in [-0.15, -0.1) is 11.8 Å². The van der Waals surface area contributed by atoms with Gasteiger partial charge in [0, 0.05) is 10.6 Å². The number of halogens is 2. The highest BCUT2D eigenvalue weighted by atomic mass is 35.5. The molecule has 0 saturated carbocycles. The van der Waals surface area contributed by atoms with Gasteiger partial charge in [-0.25, -0.2) is 0 Å². The van der Waals surface area contributed by atoms with E-state index in [0.29, 0.717) is 21.4 Å². The van der Waals surface area contributed by atoms with Crippen molar-refractivity contribution in [1.29, 1.82) is 0 Å². The maximum absolute atomic E-state index is 11.9. The first-order valence-electron chi connectivity index (χ1n) is 5.78. The van der Waals surface area contributed by atoms with Crippen molar-refractivity contribution in [2.45, 2.75) is 4.90 Å². The van der Waals surface area contributed by atoms with Crippen LogP contribution in [0.25, 0.3) is 0 Å². The van der Waals surface area contributed by atoms with Gasteiger partial charge >= 0.3 is 0 Å². The largest absolute Gasteiger partial charge is 0.399 e. The van der Waals surface area contributed by atoms with E-state index in [1.54, 1.807) is 24.3 Å². The Balaban J connectivity index is 1.96. The molecular weight excluding hydrogens is 315 g/mol. The van der Waals surface area contributed by atoms with Crippen LogP contribution in [0.4, 0.5) is 11.4 Å². The minimum atomic E-state index is -0.174. The van der Waals surface area contributed by atoms with Gasteiger partial charge in [0.1, 0.15) is 0 Å². The number of thioether (sulfide) groups is 1. The Hall–Kier alpha value is -1.36. The van der Waals surface area contributed by atoms with Crippen LogP contribution >= 0.6 is 35.0 Å². The van der Waals surface area contributed by atoms with Gasteiger partial charge in [0.15, 0.2) is 0 Å². The monoisotopic (exact) mass is 326 g/mol. The Morgan fingerprint density at radius 2 is 1.80 bits per heavy atom. The fourth-order valence-electron chi connectivity index (χ4n) is 1.55. The third-order valence-electron chi connectivity index (χ3n) is 2.46. The lowest BCUT2D eigenvalue weighted by molar-refractivity contribution is -0.113. The van der Waals surface area contributed by atoms with Crippen LogP contribution in [-0.4, -0.2) is 11.7 Å². The highest BCUT2D eigenvalue weighted by molar-refractivity contribution is 8.00. The first-order valence-corrected chi connectivity index (χ1v) is 7.52. The highest BCUT2D eigenvalue weighted by Crippen LogP contribution is 2.30. The summed E-state index contributed by atoms with van der Waals surface area (Å²) >= 11 is 13.4. The van der Waals surface area contributed by atoms with Gasteiger partial charge < -0.3 is 11.1 Å². The lowest BCUT2D eigenvalue weighted by Crippen LogP contribution is -2.14. The molecule has 0 aliphatic heterocycles. The second-order valence-corrected chi connectivity index (χ2v) is 5.87. The van der Waals surface area contributed by atoms with Crippen LogP contribution in [0, 0.1) is 0 Å². The molecule has 104 valence electrons. The quantitative estimate of drug-likeness (QED) is 0.650. The fourth-order valence-corrected chi connectivity index (χ4v) is 2.80.